The molecule has 2 aromatic rings. The number of nitrogens with one attached hydrogen (secondary N) is 1. The number of halogens is 1. The van der Waals surface area contributed by atoms with Crippen molar-refractivity contribution in [1.29, 1.82) is 0 Å². The number of aromatic carboxylic acids is 1. The van der Waals surface area contributed by atoms with Crippen LogP contribution in [0.1, 0.15) is 21.5 Å². The van der Waals surface area contributed by atoms with E-state index in [4.69, 9.17) is 5.11 Å². The molecule has 4 nitrogen and oxygen atoms in total. The molecule has 21 heavy (non-hydrogen) atoms. The molecule has 0 saturated heterocycles. The molecule has 0 aliphatic heterocycles. The maximum absolute atomic E-state index is 13.1. The van der Waals surface area contributed by atoms with Gasteiger partial charge >= 0.3 is 5.97 Å². The van der Waals surface area contributed by atoms with E-state index in [9.17, 15) is 14.0 Å². The number of hydrogen-bond donors (Lipinski definition) is 2. The zero-order valence-electron chi connectivity index (χ0n) is 11.4. The second-order valence-corrected chi connectivity index (χ2v) is 4.65. The highest BCUT2D eigenvalue weighted by Crippen LogP contribution is 2.15. The SMILES string of the molecule is Cc1cc(NC(=O)Cc2ccccc2C(=O)O)ccc1F. The first-order valence-corrected chi connectivity index (χ1v) is 6.34. The summed E-state index contributed by atoms with van der Waals surface area (Å²) in [5.74, 6) is -1.77. The molecule has 0 spiro atoms. The molecule has 0 aliphatic rings. The van der Waals surface area contributed by atoms with Gasteiger partial charge in [-0.15, -0.1) is 0 Å². The lowest BCUT2D eigenvalue weighted by molar-refractivity contribution is -0.115. The van der Waals surface area contributed by atoms with Crippen molar-refractivity contribution in [3.63, 3.8) is 0 Å². The quantitative estimate of drug-likeness (QED) is 0.908. The number of carbonyl (C=O) groups excluding carboxylic acids is 1. The number of benzene rings is 2. The van der Waals surface area contributed by atoms with E-state index in [0.717, 1.165) is 0 Å². The summed E-state index contributed by atoms with van der Waals surface area (Å²) in [6.07, 6.45) is -0.0566. The maximum atomic E-state index is 13.1. The highest BCUT2D eigenvalue weighted by Gasteiger charge is 2.12. The maximum Gasteiger partial charge on any atom is 0.335 e. The van der Waals surface area contributed by atoms with Crippen molar-refractivity contribution in [1.82, 2.24) is 0 Å². The Kier molecular flexibility index (Phi) is 4.33. The monoisotopic (exact) mass is 287 g/mol. The molecule has 2 N–H and O–H groups in total. The normalized spacial score (nSPS) is 10.2. The van der Waals surface area contributed by atoms with Crippen molar-refractivity contribution in [3.8, 4) is 0 Å². The van der Waals surface area contributed by atoms with Crippen LogP contribution in [0.15, 0.2) is 42.5 Å². The Morgan fingerprint density at radius 2 is 1.90 bits per heavy atom. The third kappa shape index (κ3) is 3.66. The van der Waals surface area contributed by atoms with E-state index in [1.165, 1.54) is 24.3 Å². The van der Waals surface area contributed by atoms with E-state index >= 15 is 0 Å². The summed E-state index contributed by atoms with van der Waals surface area (Å²) in [4.78, 5) is 23.0. The summed E-state index contributed by atoms with van der Waals surface area (Å²) in [6, 6.07) is 10.6. The van der Waals surface area contributed by atoms with Gasteiger partial charge in [-0.25, -0.2) is 9.18 Å². The highest BCUT2D eigenvalue weighted by atomic mass is 19.1. The Labute approximate surface area is 121 Å². The third-order valence-electron chi connectivity index (χ3n) is 3.04. The lowest BCUT2D eigenvalue weighted by Crippen LogP contribution is -2.16. The molecule has 2 rings (SSSR count). The summed E-state index contributed by atoms with van der Waals surface area (Å²) in [6.45, 7) is 1.60. The number of carbonyl (C=O) groups is 2. The fraction of sp³-hybridized carbons (Fsp3) is 0.125. The molecule has 0 aromatic heterocycles. The van der Waals surface area contributed by atoms with Crippen LogP contribution < -0.4 is 5.32 Å². The Hall–Kier alpha value is -2.69. The van der Waals surface area contributed by atoms with Gasteiger partial charge in [0.1, 0.15) is 5.82 Å². The van der Waals surface area contributed by atoms with Crippen LogP contribution in [0, 0.1) is 12.7 Å². The molecule has 2 aromatic carbocycles. The molecular formula is C16H14FNO3. The van der Waals surface area contributed by atoms with E-state index in [0.29, 0.717) is 16.8 Å². The van der Waals surface area contributed by atoms with Crippen LogP contribution in [-0.4, -0.2) is 17.0 Å². The predicted molar refractivity (Wildman–Crippen MR) is 76.9 cm³/mol. The van der Waals surface area contributed by atoms with Crippen LogP contribution in [0.2, 0.25) is 0 Å². The number of anilines is 1. The van der Waals surface area contributed by atoms with E-state index in [1.54, 1.807) is 25.1 Å². The van der Waals surface area contributed by atoms with Crippen molar-refractivity contribution >= 4 is 17.6 Å². The number of carboxylic acid groups (broad SMARTS) is 1. The molecule has 0 unspecified atom stereocenters. The topological polar surface area (TPSA) is 66.4 Å². The third-order valence-corrected chi connectivity index (χ3v) is 3.04. The van der Waals surface area contributed by atoms with Crippen molar-refractivity contribution in [2.24, 2.45) is 0 Å². The van der Waals surface area contributed by atoms with Gasteiger partial charge in [0, 0.05) is 5.69 Å². The van der Waals surface area contributed by atoms with Crippen molar-refractivity contribution < 1.29 is 19.1 Å². The zero-order chi connectivity index (χ0) is 15.4. The molecule has 108 valence electrons. The van der Waals surface area contributed by atoms with Crippen molar-refractivity contribution in [2.45, 2.75) is 13.3 Å². The summed E-state index contributed by atoms with van der Waals surface area (Å²) in [5.41, 5.74) is 1.44. The number of hydrogen-bond acceptors (Lipinski definition) is 2. The molecule has 1 amide bonds. The summed E-state index contributed by atoms with van der Waals surface area (Å²) in [5, 5.41) is 11.7. The summed E-state index contributed by atoms with van der Waals surface area (Å²) < 4.78 is 13.1. The van der Waals surface area contributed by atoms with Crippen LogP contribution in [-0.2, 0) is 11.2 Å². The van der Waals surface area contributed by atoms with E-state index in [1.807, 2.05) is 0 Å². The molecule has 0 aliphatic carbocycles. The van der Waals surface area contributed by atoms with E-state index in [-0.39, 0.29) is 23.7 Å². The van der Waals surface area contributed by atoms with Crippen LogP contribution >= 0.6 is 0 Å². The van der Waals surface area contributed by atoms with Crippen molar-refractivity contribution in [2.75, 3.05) is 5.32 Å². The summed E-state index contributed by atoms with van der Waals surface area (Å²) in [7, 11) is 0. The van der Waals surface area contributed by atoms with Gasteiger partial charge in [-0.2, -0.15) is 0 Å². The first kappa shape index (κ1) is 14.7. The van der Waals surface area contributed by atoms with Gasteiger partial charge in [0.15, 0.2) is 0 Å². The number of carboxylic acids is 1. The average Bonchev–Trinajstić information content (AvgIpc) is 2.43. The minimum Gasteiger partial charge on any atom is -0.478 e. The largest absolute Gasteiger partial charge is 0.478 e. The van der Waals surface area contributed by atoms with Gasteiger partial charge in [-0.05, 0) is 42.3 Å². The minimum atomic E-state index is -1.07. The van der Waals surface area contributed by atoms with Crippen LogP contribution in [0.4, 0.5) is 10.1 Å². The molecule has 0 saturated carbocycles. The van der Waals surface area contributed by atoms with E-state index in [2.05, 4.69) is 5.32 Å². The molecular weight excluding hydrogens is 273 g/mol. The second-order valence-electron chi connectivity index (χ2n) is 4.65. The first-order chi connectivity index (χ1) is 9.97. The average molecular weight is 287 g/mol. The van der Waals surface area contributed by atoms with E-state index < -0.39 is 5.97 Å². The van der Waals surface area contributed by atoms with Gasteiger partial charge in [-0.1, -0.05) is 18.2 Å². The van der Waals surface area contributed by atoms with Gasteiger partial charge in [0.2, 0.25) is 5.91 Å². The number of rotatable bonds is 4. The minimum absolute atomic E-state index is 0.0566. The fourth-order valence-electron chi connectivity index (χ4n) is 1.98. The Morgan fingerprint density at radius 3 is 2.57 bits per heavy atom. The van der Waals surface area contributed by atoms with Gasteiger partial charge < -0.3 is 10.4 Å². The molecule has 0 radical (unpaired) electrons. The van der Waals surface area contributed by atoms with Crippen LogP contribution in [0.25, 0.3) is 0 Å². The highest BCUT2D eigenvalue weighted by molar-refractivity contribution is 5.96. The lowest BCUT2D eigenvalue weighted by atomic mass is 10.0. The summed E-state index contributed by atoms with van der Waals surface area (Å²) >= 11 is 0. The van der Waals surface area contributed by atoms with Gasteiger partial charge in [0.05, 0.1) is 12.0 Å². The van der Waals surface area contributed by atoms with Gasteiger partial charge in [-0.3, -0.25) is 4.79 Å². The lowest BCUT2D eigenvalue weighted by Gasteiger charge is -2.08. The molecule has 0 heterocycles. The molecule has 0 bridgehead atoms. The van der Waals surface area contributed by atoms with Crippen LogP contribution in [0.5, 0.6) is 0 Å². The van der Waals surface area contributed by atoms with Crippen molar-refractivity contribution in [3.05, 3.63) is 65.0 Å². The fourth-order valence-corrected chi connectivity index (χ4v) is 1.98. The predicted octanol–water partition coefficient (Wildman–Crippen LogP) is 3.01. The Morgan fingerprint density at radius 1 is 1.19 bits per heavy atom. The molecule has 5 heteroatoms. The zero-order valence-corrected chi connectivity index (χ0v) is 11.4. The molecule has 0 atom stereocenters. The van der Waals surface area contributed by atoms with Gasteiger partial charge in [0.25, 0.3) is 0 Å². The van der Waals surface area contributed by atoms with Crippen LogP contribution in [0.3, 0.4) is 0 Å². The molecule has 0 fully saturated rings. The second kappa shape index (κ2) is 6.17. The number of amides is 1. The first-order valence-electron chi connectivity index (χ1n) is 6.34. The standard InChI is InChI=1S/C16H14FNO3/c1-10-8-12(6-7-14(10)17)18-15(19)9-11-4-2-3-5-13(11)16(20)21/h2-8H,9H2,1H3,(H,18,19)(H,20,21). The number of aryl methyl sites for hydroxylation is 1. The Bertz CT molecular complexity index is 698. The smallest absolute Gasteiger partial charge is 0.335 e. The Balaban J connectivity index is 2.12.